The Morgan fingerprint density at radius 1 is 1.03 bits per heavy atom. The Labute approximate surface area is 170 Å². The summed E-state index contributed by atoms with van der Waals surface area (Å²) < 4.78 is 10.2. The molecule has 1 amide bonds. The summed E-state index contributed by atoms with van der Waals surface area (Å²) in [4.78, 5) is 34.5. The van der Waals surface area contributed by atoms with Crippen LogP contribution in [0.2, 0.25) is 0 Å². The van der Waals surface area contributed by atoms with Crippen molar-refractivity contribution in [1.82, 2.24) is 5.32 Å². The average Bonchev–Trinajstić information content (AvgIpc) is 2.76. The summed E-state index contributed by atoms with van der Waals surface area (Å²) in [6, 6.07) is 12.5. The lowest BCUT2D eigenvalue weighted by molar-refractivity contribution is -0.150. The predicted octanol–water partition coefficient (Wildman–Crippen LogP) is 3.18. The van der Waals surface area contributed by atoms with Gasteiger partial charge < -0.3 is 14.8 Å². The van der Waals surface area contributed by atoms with E-state index in [1.807, 2.05) is 13.0 Å². The molecule has 0 radical (unpaired) electrons. The van der Waals surface area contributed by atoms with Crippen LogP contribution in [-0.4, -0.2) is 31.4 Å². The van der Waals surface area contributed by atoms with Gasteiger partial charge in [0.15, 0.2) is 13.2 Å². The molecule has 1 atom stereocenters. The third-order valence-corrected chi connectivity index (χ3v) is 4.99. The maximum absolute atomic E-state index is 12.1. The predicted molar refractivity (Wildman–Crippen MR) is 108 cm³/mol. The Kier molecular flexibility index (Phi) is 7.00. The van der Waals surface area contributed by atoms with Gasteiger partial charge in [-0.05, 0) is 73.6 Å². The lowest BCUT2D eigenvalue weighted by atomic mass is 9.89. The van der Waals surface area contributed by atoms with Gasteiger partial charge in [-0.3, -0.25) is 9.59 Å². The number of ether oxygens (including phenoxy) is 2. The van der Waals surface area contributed by atoms with Gasteiger partial charge in [-0.1, -0.05) is 18.2 Å². The quantitative estimate of drug-likeness (QED) is 0.548. The van der Waals surface area contributed by atoms with E-state index in [0.29, 0.717) is 11.3 Å². The molecular weight excluding hydrogens is 370 g/mol. The molecule has 0 saturated carbocycles. The highest BCUT2D eigenvalue weighted by Gasteiger charge is 2.15. The van der Waals surface area contributed by atoms with Crippen LogP contribution in [0, 0.1) is 0 Å². The number of carbonyl (C=O) groups is 3. The van der Waals surface area contributed by atoms with Gasteiger partial charge in [0, 0.05) is 5.56 Å². The Morgan fingerprint density at radius 3 is 2.48 bits per heavy atom. The van der Waals surface area contributed by atoms with Crippen LogP contribution in [0.25, 0.3) is 0 Å². The first kappa shape index (κ1) is 20.6. The van der Waals surface area contributed by atoms with E-state index < -0.39 is 5.97 Å². The first-order chi connectivity index (χ1) is 14.0. The SMILES string of the molecule is C[C@H](NC(=O)COC(=O)COc1ccc(C=O)cc1)c1ccc2c(c1)CCCC2. The molecule has 6 heteroatoms. The summed E-state index contributed by atoms with van der Waals surface area (Å²) >= 11 is 0. The number of rotatable bonds is 8. The lowest BCUT2D eigenvalue weighted by Gasteiger charge is -2.20. The van der Waals surface area contributed by atoms with Crippen LogP contribution in [0.4, 0.5) is 0 Å². The zero-order chi connectivity index (χ0) is 20.6. The molecule has 0 fully saturated rings. The highest BCUT2D eigenvalue weighted by molar-refractivity contribution is 5.81. The van der Waals surface area contributed by atoms with E-state index in [1.54, 1.807) is 24.3 Å². The van der Waals surface area contributed by atoms with Crippen molar-refractivity contribution in [1.29, 1.82) is 0 Å². The number of aldehydes is 1. The number of nitrogens with one attached hydrogen (secondary N) is 1. The Bertz CT molecular complexity index is 875. The molecular formula is C23H25NO5. The summed E-state index contributed by atoms with van der Waals surface area (Å²) in [7, 11) is 0. The zero-order valence-electron chi connectivity index (χ0n) is 16.5. The van der Waals surface area contributed by atoms with E-state index >= 15 is 0 Å². The maximum atomic E-state index is 12.1. The summed E-state index contributed by atoms with van der Waals surface area (Å²) in [5.41, 5.74) is 4.32. The lowest BCUT2D eigenvalue weighted by Crippen LogP contribution is -2.32. The molecule has 0 unspecified atom stereocenters. The fourth-order valence-corrected chi connectivity index (χ4v) is 3.36. The van der Waals surface area contributed by atoms with Crippen molar-refractivity contribution in [3.63, 3.8) is 0 Å². The number of esters is 1. The second-order valence-corrected chi connectivity index (χ2v) is 7.16. The van der Waals surface area contributed by atoms with Crippen LogP contribution >= 0.6 is 0 Å². The Hall–Kier alpha value is -3.15. The summed E-state index contributed by atoms with van der Waals surface area (Å²) in [5, 5.41) is 2.85. The number of amides is 1. The average molecular weight is 395 g/mol. The molecule has 1 N–H and O–H groups in total. The van der Waals surface area contributed by atoms with E-state index in [0.717, 1.165) is 24.7 Å². The van der Waals surface area contributed by atoms with Gasteiger partial charge in [0.25, 0.3) is 5.91 Å². The molecule has 0 heterocycles. The minimum atomic E-state index is -0.638. The molecule has 3 rings (SSSR count). The normalized spacial score (nSPS) is 13.7. The van der Waals surface area contributed by atoms with Gasteiger partial charge in [0.2, 0.25) is 0 Å². The summed E-state index contributed by atoms with van der Waals surface area (Å²) in [6.07, 6.45) is 5.37. The van der Waals surface area contributed by atoms with Gasteiger partial charge in [-0.25, -0.2) is 4.79 Å². The largest absolute Gasteiger partial charge is 0.482 e. The van der Waals surface area contributed by atoms with Crippen LogP contribution in [-0.2, 0) is 27.2 Å². The smallest absolute Gasteiger partial charge is 0.344 e. The van der Waals surface area contributed by atoms with E-state index in [1.165, 1.54) is 24.0 Å². The van der Waals surface area contributed by atoms with Gasteiger partial charge in [-0.15, -0.1) is 0 Å². The minimum Gasteiger partial charge on any atom is -0.482 e. The highest BCUT2D eigenvalue weighted by Crippen LogP contribution is 2.24. The molecule has 0 aromatic heterocycles. The van der Waals surface area contributed by atoms with Crippen molar-refractivity contribution in [3.05, 3.63) is 64.7 Å². The summed E-state index contributed by atoms with van der Waals surface area (Å²) in [5.74, 6) is -0.557. The number of hydrogen-bond acceptors (Lipinski definition) is 5. The second-order valence-electron chi connectivity index (χ2n) is 7.16. The molecule has 152 valence electrons. The standard InChI is InChI=1S/C23H25NO5/c1-16(19-9-8-18-4-2-3-5-20(18)12-19)24-22(26)14-29-23(27)15-28-21-10-6-17(13-25)7-11-21/h6-13,16H,2-5,14-15H2,1H3,(H,24,26)/t16-/m0/s1. The van der Waals surface area contributed by atoms with Crippen LogP contribution in [0.3, 0.4) is 0 Å². The number of aryl methyl sites for hydroxylation is 2. The molecule has 29 heavy (non-hydrogen) atoms. The van der Waals surface area contributed by atoms with Crippen molar-refractivity contribution >= 4 is 18.2 Å². The fraction of sp³-hybridized carbons (Fsp3) is 0.348. The van der Waals surface area contributed by atoms with Crippen LogP contribution < -0.4 is 10.1 Å². The van der Waals surface area contributed by atoms with Crippen molar-refractivity contribution in [2.24, 2.45) is 0 Å². The molecule has 6 nitrogen and oxygen atoms in total. The summed E-state index contributed by atoms with van der Waals surface area (Å²) in [6.45, 7) is 1.24. The Balaban J connectivity index is 1.41. The number of benzene rings is 2. The van der Waals surface area contributed by atoms with Crippen LogP contribution in [0.5, 0.6) is 5.75 Å². The number of fused-ring (bicyclic) bond motifs is 1. The molecule has 2 aromatic carbocycles. The molecule has 1 aliphatic carbocycles. The third-order valence-electron chi connectivity index (χ3n) is 4.99. The van der Waals surface area contributed by atoms with Crippen molar-refractivity contribution in [2.45, 2.75) is 38.6 Å². The van der Waals surface area contributed by atoms with Gasteiger partial charge >= 0.3 is 5.97 Å². The topological polar surface area (TPSA) is 81.7 Å². The van der Waals surface area contributed by atoms with Gasteiger partial charge in [0.1, 0.15) is 12.0 Å². The van der Waals surface area contributed by atoms with Gasteiger partial charge in [0.05, 0.1) is 6.04 Å². The monoisotopic (exact) mass is 395 g/mol. The van der Waals surface area contributed by atoms with E-state index in [-0.39, 0.29) is 25.2 Å². The van der Waals surface area contributed by atoms with Crippen LogP contribution in [0.1, 0.15) is 52.9 Å². The van der Waals surface area contributed by atoms with E-state index in [4.69, 9.17) is 9.47 Å². The molecule has 2 aromatic rings. The third kappa shape index (κ3) is 5.91. The number of carbonyl (C=O) groups excluding carboxylic acids is 3. The van der Waals surface area contributed by atoms with Crippen molar-refractivity contribution in [3.8, 4) is 5.75 Å². The van der Waals surface area contributed by atoms with Gasteiger partial charge in [-0.2, -0.15) is 0 Å². The first-order valence-corrected chi connectivity index (χ1v) is 9.80. The second kappa shape index (κ2) is 9.87. The van der Waals surface area contributed by atoms with Crippen molar-refractivity contribution < 1.29 is 23.9 Å². The van der Waals surface area contributed by atoms with E-state index in [2.05, 4.69) is 17.4 Å². The molecule has 0 spiro atoms. The number of hydrogen-bond donors (Lipinski definition) is 1. The molecule has 0 aliphatic heterocycles. The zero-order valence-corrected chi connectivity index (χ0v) is 16.5. The maximum Gasteiger partial charge on any atom is 0.344 e. The Morgan fingerprint density at radius 2 is 1.76 bits per heavy atom. The van der Waals surface area contributed by atoms with Crippen LogP contribution in [0.15, 0.2) is 42.5 Å². The minimum absolute atomic E-state index is 0.166. The molecule has 1 aliphatic rings. The fourth-order valence-electron chi connectivity index (χ4n) is 3.36. The molecule has 0 saturated heterocycles. The first-order valence-electron chi connectivity index (χ1n) is 9.80. The van der Waals surface area contributed by atoms with E-state index in [9.17, 15) is 14.4 Å². The molecule has 0 bridgehead atoms. The van der Waals surface area contributed by atoms with Crippen molar-refractivity contribution in [2.75, 3.05) is 13.2 Å². The highest BCUT2D eigenvalue weighted by atomic mass is 16.6.